The number of nitrogens with zero attached hydrogens (tertiary/aromatic N) is 3. The maximum absolute atomic E-state index is 5.66. The molecule has 1 unspecified atom stereocenters. The number of fused-ring (bicyclic) bond motifs is 1. The van der Waals surface area contributed by atoms with Crippen LogP contribution in [-0.2, 0) is 6.42 Å². The van der Waals surface area contributed by atoms with Gasteiger partial charge in [0.2, 0.25) is 0 Å². The quantitative estimate of drug-likeness (QED) is 0.824. The summed E-state index contributed by atoms with van der Waals surface area (Å²) in [6, 6.07) is 2.35. The maximum Gasteiger partial charge on any atom is 0.143 e. The molecular formula is C11H16N4. The van der Waals surface area contributed by atoms with Crippen LogP contribution in [0.2, 0.25) is 0 Å². The van der Waals surface area contributed by atoms with Gasteiger partial charge in [0.25, 0.3) is 0 Å². The lowest BCUT2D eigenvalue weighted by molar-refractivity contribution is 0.573. The molecule has 0 aliphatic rings. The lowest BCUT2D eigenvalue weighted by Crippen LogP contribution is -2.15. The van der Waals surface area contributed by atoms with Gasteiger partial charge in [-0.05, 0) is 19.4 Å². The van der Waals surface area contributed by atoms with E-state index < -0.39 is 0 Å². The van der Waals surface area contributed by atoms with Gasteiger partial charge in [-0.3, -0.25) is 0 Å². The number of aromatic nitrogens is 3. The number of rotatable bonds is 3. The van der Waals surface area contributed by atoms with Gasteiger partial charge in [0.1, 0.15) is 12.0 Å². The summed E-state index contributed by atoms with van der Waals surface area (Å²) >= 11 is 0. The highest BCUT2D eigenvalue weighted by Crippen LogP contribution is 2.19. The van der Waals surface area contributed by atoms with Crippen molar-refractivity contribution in [3.05, 3.63) is 24.3 Å². The average molecular weight is 204 g/mol. The first kappa shape index (κ1) is 10.1. The lowest BCUT2D eigenvalue weighted by atomic mass is 10.2. The van der Waals surface area contributed by atoms with Crippen molar-refractivity contribution in [3.8, 4) is 0 Å². The lowest BCUT2D eigenvalue weighted by Gasteiger charge is -2.11. The Hall–Kier alpha value is -1.42. The van der Waals surface area contributed by atoms with E-state index in [0.717, 1.165) is 23.1 Å². The van der Waals surface area contributed by atoms with Crippen molar-refractivity contribution in [2.75, 3.05) is 6.54 Å². The van der Waals surface area contributed by atoms with Crippen LogP contribution in [0.4, 0.5) is 0 Å². The molecule has 0 amide bonds. The molecule has 2 aromatic heterocycles. The molecule has 2 N–H and O–H groups in total. The summed E-state index contributed by atoms with van der Waals surface area (Å²) in [6.45, 7) is 4.81. The average Bonchev–Trinajstić information content (AvgIpc) is 2.71. The summed E-state index contributed by atoms with van der Waals surface area (Å²) in [5.74, 6) is 0. The van der Waals surface area contributed by atoms with Crippen molar-refractivity contribution in [2.24, 2.45) is 5.73 Å². The minimum absolute atomic E-state index is 0.280. The zero-order valence-corrected chi connectivity index (χ0v) is 9.14. The van der Waals surface area contributed by atoms with Crippen LogP contribution >= 0.6 is 0 Å². The van der Waals surface area contributed by atoms with Gasteiger partial charge in [-0.2, -0.15) is 0 Å². The molecule has 0 radical (unpaired) electrons. The third-order valence-electron chi connectivity index (χ3n) is 2.74. The van der Waals surface area contributed by atoms with Gasteiger partial charge >= 0.3 is 0 Å². The molecule has 2 aromatic rings. The minimum atomic E-state index is 0.280. The van der Waals surface area contributed by atoms with E-state index in [1.165, 1.54) is 0 Å². The minimum Gasteiger partial charge on any atom is -0.328 e. The molecule has 0 saturated heterocycles. The summed E-state index contributed by atoms with van der Waals surface area (Å²) in [6.07, 6.45) is 4.59. The molecule has 0 spiro atoms. The fourth-order valence-corrected chi connectivity index (χ4v) is 1.77. The topological polar surface area (TPSA) is 56.7 Å². The second-order valence-corrected chi connectivity index (χ2v) is 3.72. The van der Waals surface area contributed by atoms with Crippen LogP contribution in [0.5, 0.6) is 0 Å². The third kappa shape index (κ3) is 1.61. The molecule has 2 rings (SSSR count). The molecule has 4 nitrogen and oxygen atoms in total. The Morgan fingerprint density at radius 2 is 2.27 bits per heavy atom. The van der Waals surface area contributed by atoms with Gasteiger partial charge in [0, 0.05) is 24.2 Å². The van der Waals surface area contributed by atoms with E-state index in [4.69, 9.17) is 5.73 Å². The molecule has 0 aliphatic carbocycles. The number of hydrogen-bond donors (Lipinski definition) is 1. The van der Waals surface area contributed by atoms with E-state index in [1.54, 1.807) is 6.33 Å². The molecule has 4 heteroatoms. The fraction of sp³-hybridized carbons (Fsp3) is 0.455. The van der Waals surface area contributed by atoms with E-state index in [-0.39, 0.29) is 6.04 Å². The Labute approximate surface area is 89.1 Å². The molecule has 0 aliphatic heterocycles. The normalized spacial score (nSPS) is 13.3. The van der Waals surface area contributed by atoms with Crippen LogP contribution in [-0.4, -0.2) is 21.1 Å². The summed E-state index contributed by atoms with van der Waals surface area (Å²) in [4.78, 5) is 8.58. The van der Waals surface area contributed by atoms with Gasteiger partial charge < -0.3 is 10.3 Å². The second kappa shape index (κ2) is 3.98. The Morgan fingerprint density at radius 1 is 1.47 bits per heavy atom. The zero-order valence-electron chi connectivity index (χ0n) is 9.14. The van der Waals surface area contributed by atoms with Crippen LogP contribution in [0, 0.1) is 0 Å². The first-order chi connectivity index (χ1) is 7.27. The predicted molar refractivity (Wildman–Crippen MR) is 60.7 cm³/mol. The van der Waals surface area contributed by atoms with Crippen molar-refractivity contribution in [2.45, 2.75) is 26.3 Å². The molecule has 0 saturated carbocycles. The molecule has 15 heavy (non-hydrogen) atoms. The Kier molecular flexibility index (Phi) is 2.68. The molecule has 2 heterocycles. The van der Waals surface area contributed by atoms with Crippen LogP contribution in [0.3, 0.4) is 0 Å². The van der Waals surface area contributed by atoms with E-state index in [0.29, 0.717) is 6.54 Å². The largest absolute Gasteiger partial charge is 0.328 e. The van der Waals surface area contributed by atoms with Crippen molar-refractivity contribution < 1.29 is 0 Å². The Balaban J connectivity index is 2.60. The van der Waals surface area contributed by atoms with Gasteiger partial charge in [-0.1, -0.05) is 6.92 Å². The van der Waals surface area contributed by atoms with Gasteiger partial charge in [-0.15, -0.1) is 0 Å². The van der Waals surface area contributed by atoms with Crippen molar-refractivity contribution in [3.63, 3.8) is 0 Å². The first-order valence-corrected chi connectivity index (χ1v) is 5.28. The van der Waals surface area contributed by atoms with Crippen LogP contribution < -0.4 is 5.73 Å². The highest BCUT2D eigenvalue weighted by Gasteiger charge is 2.10. The van der Waals surface area contributed by atoms with E-state index in [1.807, 2.05) is 6.20 Å². The molecule has 0 fully saturated rings. The predicted octanol–water partition coefficient (Wildman–Crippen LogP) is 1.51. The summed E-state index contributed by atoms with van der Waals surface area (Å²) < 4.78 is 2.11. The zero-order chi connectivity index (χ0) is 10.8. The summed E-state index contributed by atoms with van der Waals surface area (Å²) in [5, 5.41) is 1.14. The van der Waals surface area contributed by atoms with Crippen LogP contribution in [0.25, 0.3) is 11.0 Å². The van der Waals surface area contributed by atoms with Gasteiger partial charge in [0.15, 0.2) is 0 Å². The Morgan fingerprint density at radius 3 is 2.93 bits per heavy atom. The molecule has 0 aromatic carbocycles. The summed E-state index contributed by atoms with van der Waals surface area (Å²) in [5.41, 5.74) is 7.75. The number of hydrogen-bond acceptors (Lipinski definition) is 3. The van der Waals surface area contributed by atoms with Crippen molar-refractivity contribution in [1.29, 1.82) is 0 Å². The standard InChI is InChI=1S/C11H16N4/c1-3-10-9-4-5-15(8(2)6-12)11(9)14-7-13-10/h4-5,7-8H,3,6,12H2,1-2H3. The molecule has 1 atom stereocenters. The van der Waals surface area contributed by atoms with E-state index in [2.05, 4.69) is 34.4 Å². The van der Waals surface area contributed by atoms with Crippen LogP contribution in [0.15, 0.2) is 18.6 Å². The molecule has 0 bridgehead atoms. The third-order valence-corrected chi connectivity index (χ3v) is 2.74. The van der Waals surface area contributed by atoms with E-state index in [9.17, 15) is 0 Å². The smallest absolute Gasteiger partial charge is 0.143 e. The van der Waals surface area contributed by atoms with Crippen molar-refractivity contribution >= 4 is 11.0 Å². The highest BCUT2D eigenvalue weighted by atomic mass is 15.1. The van der Waals surface area contributed by atoms with Gasteiger partial charge in [-0.25, -0.2) is 9.97 Å². The second-order valence-electron chi connectivity index (χ2n) is 3.72. The highest BCUT2D eigenvalue weighted by molar-refractivity contribution is 5.78. The monoisotopic (exact) mass is 204 g/mol. The Bertz CT molecular complexity index is 461. The fourth-order valence-electron chi connectivity index (χ4n) is 1.77. The SMILES string of the molecule is CCc1ncnc2c1ccn2C(C)CN. The molecular weight excluding hydrogens is 188 g/mol. The first-order valence-electron chi connectivity index (χ1n) is 5.28. The molecule has 80 valence electrons. The number of aryl methyl sites for hydroxylation is 1. The van der Waals surface area contributed by atoms with Gasteiger partial charge in [0.05, 0.1) is 5.69 Å². The van der Waals surface area contributed by atoms with Crippen molar-refractivity contribution in [1.82, 2.24) is 14.5 Å². The summed E-state index contributed by atoms with van der Waals surface area (Å²) in [7, 11) is 0. The van der Waals surface area contributed by atoms with E-state index >= 15 is 0 Å². The van der Waals surface area contributed by atoms with Crippen LogP contribution in [0.1, 0.15) is 25.6 Å². The number of nitrogens with two attached hydrogens (primary N) is 1. The maximum atomic E-state index is 5.66.